The van der Waals surface area contributed by atoms with Crippen molar-refractivity contribution in [2.24, 2.45) is 0 Å². The molecule has 7 heteroatoms. The number of halogens is 1. The summed E-state index contributed by atoms with van der Waals surface area (Å²) >= 11 is 0. The van der Waals surface area contributed by atoms with Crippen molar-refractivity contribution in [3.05, 3.63) is 125 Å². The normalized spacial score (nSPS) is 14.5. The molecule has 4 aromatic carbocycles. The quantitative estimate of drug-likeness (QED) is 0.375. The average Bonchev–Trinajstić information content (AvgIpc) is 3.00. The van der Waals surface area contributed by atoms with Gasteiger partial charge in [-0.05, 0) is 55.3 Å². The van der Waals surface area contributed by atoms with Crippen LogP contribution in [0.4, 0.5) is 10.1 Å². The molecule has 0 bridgehead atoms. The molecule has 186 valence electrons. The molecule has 1 atom stereocenters. The Morgan fingerprint density at radius 1 is 0.919 bits per heavy atom. The van der Waals surface area contributed by atoms with Gasteiger partial charge in [0.15, 0.2) is 0 Å². The summed E-state index contributed by atoms with van der Waals surface area (Å²) < 4.78 is 28.1. The highest BCUT2D eigenvalue weighted by Crippen LogP contribution is 2.36. The van der Waals surface area contributed by atoms with E-state index in [9.17, 15) is 18.2 Å². The summed E-state index contributed by atoms with van der Waals surface area (Å²) in [5.74, 6) is -1.15. The highest BCUT2D eigenvalue weighted by atomic mass is 32.2. The van der Waals surface area contributed by atoms with Gasteiger partial charge in [-0.15, -0.1) is 0 Å². The second kappa shape index (κ2) is 10.5. The Morgan fingerprint density at radius 2 is 1.65 bits per heavy atom. The van der Waals surface area contributed by atoms with E-state index in [1.54, 1.807) is 60.7 Å². The summed E-state index contributed by atoms with van der Waals surface area (Å²) in [6.45, 7) is 2.40. The first-order valence-electron chi connectivity index (χ1n) is 12.0. The number of rotatable bonds is 6. The van der Waals surface area contributed by atoms with Gasteiger partial charge in [-0.25, -0.2) is 8.60 Å². The van der Waals surface area contributed by atoms with Crippen LogP contribution in [0.3, 0.4) is 0 Å². The minimum Gasteiger partial charge on any atom is -0.352 e. The lowest BCUT2D eigenvalue weighted by atomic mass is 10.1. The maximum atomic E-state index is 14.6. The maximum Gasteiger partial charge on any atom is 0.259 e. The van der Waals surface area contributed by atoms with Crippen molar-refractivity contribution in [1.29, 1.82) is 0 Å². The third kappa shape index (κ3) is 5.08. The zero-order valence-electron chi connectivity index (χ0n) is 20.2. The van der Waals surface area contributed by atoms with E-state index in [-0.39, 0.29) is 18.0 Å². The molecule has 1 N–H and O–H groups in total. The third-order valence-electron chi connectivity index (χ3n) is 6.38. The van der Waals surface area contributed by atoms with Crippen LogP contribution in [0, 0.1) is 12.7 Å². The number of hydrogen-bond donors (Lipinski definition) is 1. The van der Waals surface area contributed by atoms with Gasteiger partial charge in [0.2, 0.25) is 0 Å². The predicted molar refractivity (Wildman–Crippen MR) is 142 cm³/mol. The van der Waals surface area contributed by atoms with E-state index in [4.69, 9.17) is 0 Å². The van der Waals surface area contributed by atoms with Crippen LogP contribution in [0.15, 0.2) is 101 Å². The summed E-state index contributed by atoms with van der Waals surface area (Å²) in [6.07, 6.45) is 0.675. The van der Waals surface area contributed by atoms with E-state index in [1.165, 1.54) is 16.5 Å². The molecule has 0 spiro atoms. The standard InChI is InChI=1S/C30H25FN2O3S/c1-20-10-12-21(13-11-20)16-17-32-29(34)22-14-15-28-26(18-22)33(19-23-6-2-4-8-25(23)31)30(35)24-7-3-5-9-27(24)37(28)36/h2-15,18H,16-17,19H2,1H3,(H,32,34). The Morgan fingerprint density at radius 3 is 2.43 bits per heavy atom. The molecule has 1 heterocycles. The first-order chi connectivity index (χ1) is 17.9. The first-order valence-corrected chi connectivity index (χ1v) is 13.1. The summed E-state index contributed by atoms with van der Waals surface area (Å²) in [5, 5.41) is 2.92. The molecule has 4 aromatic rings. The zero-order valence-corrected chi connectivity index (χ0v) is 21.1. The second-order valence-corrected chi connectivity index (χ2v) is 10.3. The van der Waals surface area contributed by atoms with Crippen LogP contribution in [0.1, 0.15) is 37.4 Å². The van der Waals surface area contributed by atoms with E-state index in [1.807, 2.05) is 31.2 Å². The molecule has 0 fully saturated rings. The summed E-state index contributed by atoms with van der Waals surface area (Å²) in [7, 11) is -1.65. The van der Waals surface area contributed by atoms with Gasteiger partial charge < -0.3 is 10.2 Å². The summed E-state index contributed by atoms with van der Waals surface area (Å²) in [5.41, 5.74) is 3.55. The van der Waals surface area contributed by atoms with Gasteiger partial charge in [-0.1, -0.05) is 60.2 Å². The van der Waals surface area contributed by atoms with Crippen LogP contribution in [0.25, 0.3) is 0 Å². The Labute approximate surface area is 217 Å². The van der Waals surface area contributed by atoms with Crippen LogP contribution in [0.5, 0.6) is 0 Å². The molecule has 0 saturated carbocycles. The number of hydrogen-bond acceptors (Lipinski definition) is 3. The number of aryl methyl sites for hydroxylation is 1. The molecule has 1 unspecified atom stereocenters. The fourth-order valence-corrected chi connectivity index (χ4v) is 5.68. The molecule has 2 amide bonds. The average molecular weight is 513 g/mol. The van der Waals surface area contributed by atoms with Crippen molar-refractivity contribution in [2.45, 2.75) is 29.7 Å². The molecule has 37 heavy (non-hydrogen) atoms. The Balaban J connectivity index is 1.47. The molecule has 0 saturated heterocycles. The second-order valence-electron chi connectivity index (χ2n) is 8.92. The molecule has 1 aliphatic rings. The Bertz CT molecular complexity index is 1520. The number of carbonyl (C=O) groups excluding carboxylic acids is 2. The van der Waals surface area contributed by atoms with E-state index in [0.29, 0.717) is 39.6 Å². The van der Waals surface area contributed by atoms with Gasteiger partial charge in [0.25, 0.3) is 11.8 Å². The van der Waals surface area contributed by atoms with E-state index in [0.717, 1.165) is 5.56 Å². The predicted octanol–water partition coefficient (Wildman–Crippen LogP) is 5.43. The van der Waals surface area contributed by atoms with Gasteiger partial charge in [-0.3, -0.25) is 9.59 Å². The minimum atomic E-state index is -1.65. The number of nitrogens with zero attached hydrogens (tertiary/aromatic N) is 1. The number of amides is 2. The molecule has 5 rings (SSSR count). The lowest BCUT2D eigenvalue weighted by molar-refractivity contribution is 0.0950. The smallest absolute Gasteiger partial charge is 0.259 e. The highest BCUT2D eigenvalue weighted by Gasteiger charge is 2.32. The van der Waals surface area contributed by atoms with Crippen LogP contribution < -0.4 is 10.2 Å². The molecule has 0 aromatic heterocycles. The van der Waals surface area contributed by atoms with Crippen molar-refractivity contribution in [2.75, 3.05) is 11.4 Å². The molecule has 5 nitrogen and oxygen atoms in total. The van der Waals surface area contributed by atoms with Gasteiger partial charge in [0.1, 0.15) is 5.82 Å². The third-order valence-corrected chi connectivity index (χ3v) is 7.88. The van der Waals surface area contributed by atoms with Crippen LogP contribution in [-0.2, 0) is 23.8 Å². The Kier molecular flexibility index (Phi) is 6.97. The largest absolute Gasteiger partial charge is 0.352 e. The molecule has 0 aliphatic carbocycles. The van der Waals surface area contributed by atoms with Crippen molar-refractivity contribution < 1.29 is 18.2 Å². The fraction of sp³-hybridized carbons (Fsp3) is 0.133. The number of anilines is 1. The topological polar surface area (TPSA) is 66.5 Å². The first kappa shape index (κ1) is 24.6. The number of fused-ring (bicyclic) bond motifs is 2. The fourth-order valence-electron chi connectivity index (χ4n) is 4.34. The van der Waals surface area contributed by atoms with Crippen LogP contribution in [0.2, 0.25) is 0 Å². The van der Waals surface area contributed by atoms with Crippen molar-refractivity contribution in [3.8, 4) is 0 Å². The lowest BCUT2D eigenvalue weighted by Crippen LogP contribution is -2.31. The molecule has 1 aliphatic heterocycles. The van der Waals surface area contributed by atoms with Gasteiger partial charge in [0.05, 0.1) is 38.4 Å². The van der Waals surface area contributed by atoms with E-state index in [2.05, 4.69) is 5.32 Å². The maximum absolute atomic E-state index is 14.6. The SMILES string of the molecule is Cc1ccc(CCNC(=O)c2ccc3c(c2)N(Cc2ccccc2F)C(=O)c2ccccc2S3=O)cc1. The van der Waals surface area contributed by atoms with E-state index >= 15 is 0 Å². The summed E-state index contributed by atoms with van der Waals surface area (Å²) in [4.78, 5) is 28.9. The van der Waals surface area contributed by atoms with Crippen LogP contribution in [-0.4, -0.2) is 22.6 Å². The summed E-state index contributed by atoms with van der Waals surface area (Å²) in [6, 6.07) is 25.9. The zero-order chi connectivity index (χ0) is 25.9. The van der Waals surface area contributed by atoms with Gasteiger partial charge >= 0.3 is 0 Å². The minimum absolute atomic E-state index is 0.0669. The van der Waals surface area contributed by atoms with Gasteiger partial charge in [-0.2, -0.15) is 0 Å². The molecular formula is C30H25FN2O3S. The van der Waals surface area contributed by atoms with Crippen molar-refractivity contribution >= 4 is 28.3 Å². The Hall–Kier alpha value is -4.10. The monoisotopic (exact) mass is 512 g/mol. The van der Waals surface area contributed by atoms with Crippen LogP contribution >= 0.6 is 0 Å². The van der Waals surface area contributed by atoms with Gasteiger partial charge in [0, 0.05) is 17.7 Å². The molecule has 0 radical (unpaired) electrons. The van der Waals surface area contributed by atoms with Crippen molar-refractivity contribution in [3.63, 3.8) is 0 Å². The molecular weight excluding hydrogens is 487 g/mol. The number of nitrogens with one attached hydrogen (secondary N) is 1. The van der Waals surface area contributed by atoms with Crippen molar-refractivity contribution in [1.82, 2.24) is 5.32 Å². The lowest BCUT2D eigenvalue weighted by Gasteiger charge is -2.24. The highest BCUT2D eigenvalue weighted by molar-refractivity contribution is 7.85. The number of benzene rings is 4. The van der Waals surface area contributed by atoms with E-state index < -0.39 is 22.5 Å². The number of carbonyl (C=O) groups is 2.